The molecule has 1 N–H and O–H groups in total. The molecule has 0 bridgehead atoms. The number of aromatic carboxylic acids is 1. The molecular formula is C22H32O4. The molecule has 0 atom stereocenters. The largest absolute Gasteiger partial charge is 0.478 e. The monoisotopic (exact) mass is 360 g/mol. The topological polar surface area (TPSA) is 63.6 Å². The number of hydrogen-bond acceptors (Lipinski definition) is 3. The van der Waals surface area contributed by atoms with Gasteiger partial charge in [-0.2, -0.15) is 0 Å². The van der Waals surface area contributed by atoms with Crippen LogP contribution in [0.2, 0.25) is 0 Å². The summed E-state index contributed by atoms with van der Waals surface area (Å²) in [6, 6.07) is 6.12. The Morgan fingerprint density at radius 2 is 1.46 bits per heavy atom. The van der Waals surface area contributed by atoms with Gasteiger partial charge in [0.05, 0.1) is 17.7 Å². The van der Waals surface area contributed by atoms with Gasteiger partial charge in [0.15, 0.2) is 0 Å². The lowest BCUT2D eigenvalue weighted by molar-refractivity contribution is 0.0488. The molecule has 0 fully saturated rings. The zero-order valence-electron chi connectivity index (χ0n) is 15.9. The fourth-order valence-corrected chi connectivity index (χ4v) is 2.73. The first-order valence-electron chi connectivity index (χ1n) is 9.81. The number of rotatable bonds is 14. The average Bonchev–Trinajstić information content (AvgIpc) is 2.65. The summed E-state index contributed by atoms with van der Waals surface area (Å²) >= 11 is 0. The van der Waals surface area contributed by atoms with Gasteiger partial charge in [0, 0.05) is 0 Å². The van der Waals surface area contributed by atoms with E-state index >= 15 is 0 Å². The molecule has 0 unspecified atom stereocenters. The first-order valence-corrected chi connectivity index (χ1v) is 9.81. The molecule has 144 valence electrons. The van der Waals surface area contributed by atoms with E-state index < -0.39 is 11.9 Å². The number of benzene rings is 1. The van der Waals surface area contributed by atoms with Gasteiger partial charge in [-0.25, -0.2) is 9.59 Å². The average molecular weight is 360 g/mol. The molecular weight excluding hydrogens is 328 g/mol. The van der Waals surface area contributed by atoms with Crippen molar-refractivity contribution in [2.24, 2.45) is 0 Å². The highest BCUT2D eigenvalue weighted by molar-refractivity contribution is 6.02. The maximum absolute atomic E-state index is 12.0. The molecule has 1 aromatic carbocycles. The Bertz CT molecular complexity index is 563. The minimum absolute atomic E-state index is 0.0184. The van der Waals surface area contributed by atoms with E-state index in [1.807, 2.05) is 0 Å². The molecule has 0 radical (unpaired) electrons. The lowest BCUT2D eigenvalue weighted by atomic mass is 10.1. The first-order chi connectivity index (χ1) is 12.7. The van der Waals surface area contributed by atoms with E-state index in [9.17, 15) is 9.59 Å². The number of hydrogen-bond donors (Lipinski definition) is 1. The van der Waals surface area contributed by atoms with Crippen LogP contribution in [-0.2, 0) is 4.74 Å². The van der Waals surface area contributed by atoms with Crippen LogP contribution in [0.3, 0.4) is 0 Å². The maximum atomic E-state index is 12.0. The molecule has 26 heavy (non-hydrogen) atoms. The van der Waals surface area contributed by atoms with Crippen LogP contribution in [0.1, 0.15) is 91.8 Å². The van der Waals surface area contributed by atoms with Crippen molar-refractivity contribution in [1.29, 1.82) is 0 Å². The fourth-order valence-electron chi connectivity index (χ4n) is 2.73. The second-order valence-corrected chi connectivity index (χ2v) is 6.51. The molecule has 0 heterocycles. The van der Waals surface area contributed by atoms with Gasteiger partial charge in [0.2, 0.25) is 0 Å². The van der Waals surface area contributed by atoms with Gasteiger partial charge in [0.1, 0.15) is 0 Å². The Kier molecular flexibility index (Phi) is 11.9. The maximum Gasteiger partial charge on any atom is 0.339 e. The summed E-state index contributed by atoms with van der Waals surface area (Å²) in [5.74, 6) is -1.69. The van der Waals surface area contributed by atoms with Crippen LogP contribution in [0.15, 0.2) is 36.4 Å². The standard InChI is InChI=1S/C22H32O4/c1-2-3-4-5-6-7-8-9-10-11-12-15-18-26-22(25)20-17-14-13-16-19(20)21(23)24/h9-10,13-14,16-17H,2-8,11-12,15,18H2,1H3,(H,23,24)/b10-9+. The number of carboxylic acids is 1. The SMILES string of the molecule is CCCCCCCC/C=C/CCCCOC(=O)c1ccccc1C(=O)O. The molecule has 0 aliphatic heterocycles. The summed E-state index contributed by atoms with van der Waals surface area (Å²) in [5.41, 5.74) is 0.0916. The van der Waals surface area contributed by atoms with Crippen LogP contribution in [0, 0.1) is 0 Å². The molecule has 0 aliphatic rings. The summed E-state index contributed by atoms with van der Waals surface area (Å²) in [7, 11) is 0. The third-order valence-electron chi connectivity index (χ3n) is 4.27. The molecule has 0 saturated carbocycles. The fraction of sp³-hybridized carbons (Fsp3) is 0.545. The van der Waals surface area contributed by atoms with Gasteiger partial charge >= 0.3 is 11.9 Å². The molecule has 0 amide bonds. The van der Waals surface area contributed by atoms with Gasteiger partial charge in [-0.15, -0.1) is 0 Å². The Morgan fingerprint density at radius 1 is 0.885 bits per heavy atom. The van der Waals surface area contributed by atoms with Crippen LogP contribution >= 0.6 is 0 Å². The summed E-state index contributed by atoms with van der Waals surface area (Å²) in [5, 5.41) is 9.08. The number of unbranched alkanes of at least 4 members (excludes halogenated alkanes) is 8. The molecule has 4 nitrogen and oxygen atoms in total. The molecule has 1 aromatic rings. The predicted molar refractivity (Wildman–Crippen MR) is 105 cm³/mol. The number of esters is 1. The van der Waals surface area contributed by atoms with Crippen LogP contribution in [-0.4, -0.2) is 23.7 Å². The van der Waals surface area contributed by atoms with Crippen LogP contribution < -0.4 is 0 Å². The highest BCUT2D eigenvalue weighted by Gasteiger charge is 2.16. The number of carbonyl (C=O) groups is 2. The first kappa shape index (κ1) is 21.9. The van der Waals surface area contributed by atoms with E-state index in [4.69, 9.17) is 9.84 Å². The number of allylic oxidation sites excluding steroid dienone is 2. The zero-order chi connectivity index (χ0) is 19.0. The van der Waals surface area contributed by atoms with Crippen molar-refractivity contribution in [3.05, 3.63) is 47.5 Å². The van der Waals surface area contributed by atoms with Gasteiger partial charge in [0.25, 0.3) is 0 Å². The smallest absolute Gasteiger partial charge is 0.339 e. The Morgan fingerprint density at radius 3 is 2.12 bits per heavy atom. The summed E-state index contributed by atoms with van der Waals surface area (Å²) in [6.45, 7) is 2.55. The quantitative estimate of drug-likeness (QED) is 0.250. The van der Waals surface area contributed by atoms with Crippen molar-refractivity contribution in [1.82, 2.24) is 0 Å². The van der Waals surface area contributed by atoms with Crippen molar-refractivity contribution in [3.63, 3.8) is 0 Å². The van der Waals surface area contributed by atoms with E-state index in [-0.39, 0.29) is 11.1 Å². The van der Waals surface area contributed by atoms with Crippen molar-refractivity contribution in [2.75, 3.05) is 6.61 Å². The van der Waals surface area contributed by atoms with Crippen LogP contribution in [0.4, 0.5) is 0 Å². The molecule has 0 aliphatic carbocycles. The number of carboxylic acid groups (broad SMARTS) is 1. The van der Waals surface area contributed by atoms with E-state index in [0.717, 1.165) is 25.7 Å². The van der Waals surface area contributed by atoms with Gasteiger partial charge in [-0.1, -0.05) is 63.3 Å². The molecule has 0 spiro atoms. The summed E-state index contributed by atoms with van der Waals surface area (Å²) < 4.78 is 5.18. The highest BCUT2D eigenvalue weighted by atomic mass is 16.5. The molecule has 0 aromatic heterocycles. The van der Waals surface area contributed by atoms with Crippen LogP contribution in [0.5, 0.6) is 0 Å². The minimum Gasteiger partial charge on any atom is -0.478 e. The minimum atomic E-state index is -1.12. The Hall–Kier alpha value is -2.10. The van der Waals surface area contributed by atoms with E-state index in [1.54, 1.807) is 12.1 Å². The van der Waals surface area contributed by atoms with Gasteiger partial charge < -0.3 is 9.84 Å². The normalized spacial score (nSPS) is 11.0. The zero-order valence-corrected chi connectivity index (χ0v) is 15.9. The predicted octanol–water partition coefficient (Wildman–Crippen LogP) is 6.02. The summed E-state index contributed by atoms with van der Waals surface area (Å²) in [6.07, 6.45) is 16.2. The van der Waals surface area contributed by atoms with E-state index in [1.165, 1.54) is 50.7 Å². The van der Waals surface area contributed by atoms with E-state index in [2.05, 4.69) is 19.1 Å². The second-order valence-electron chi connectivity index (χ2n) is 6.51. The van der Waals surface area contributed by atoms with E-state index in [0.29, 0.717) is 6.61 Å². The Labute approximate surface area is 157 Å². The van der Waals surface area contributed by atoms with Gasteiger partial charge in [-0.3, -0.25) is 0 Å². The third kappa shape index (κ3) is 9.40. The van der Waals surface area contributed by atoms with Crippen molar-refractivity contribution in [3.8, 4) is 0 Å². The number of ether oxygens (including phenoxy) is 1. The number of carbonyl (C=O) groups excluding carboxylic acids is 1. The van der Waals surface area contributed by atoms with Crippen molar-refractivity contribution >= 4 is 11.9 Å². The van der Waals surface area contributed by atoms with Crippen molar-refractivity contribution in [2.45, 2.75) is 71.1 Å². The lowest BCUT2D eigenvalue weighted by Gasteiger charge is -2.06. The summed E-state index contributed by atoms with van der Waals surface area (Å²) in [4.78, 5) is 23.1. The highest BCUT2D eigenvalue weighted by Crippen LogP contribution is 2.11. The second kappa shape index (κ2) is 14.1. The van der Waals surface area contributed by atoms with Crippen molar-refractivity contribution < 1.29 is 19.4 Å². The molecule has 4 heteroatoms. The Balaban J connectivity index is 2.08. The molecule has 1 rings (SSSR count). The third-order valence-corrected chi connectivity index (χ3v) is 4.27. The van der Waals surface area contributed by atoms with Gasteiger partial charge in [-0.05, 0) is 44.2 Å². The lowest BCUT2D eigenvalue weighted by Crippen LogP contribution is -2.12. The molecule has 0 saturated heterocycles. The van der Waals surface area contributed by atoms with Crippen LogP contribution in [0.25, 0.3) is 0 Å².